The molecule has 0 atom stereocenters. The second-order valence-electron chi connectivity index (χ2n) is 4.64. The minimum absolute atomic E-state index is 0.198. The van der Waals surface area contributed by atoms with Gasteiger partial charge in [0, 0.05) is 23.5 Å². The van der Waals surface area contributed by atoms with Crippen molar-refractivity contribution in [1.82, 2.24) is 14.8 Å². The zero-order valence-electron chi connectivity index (χ0n) is 10.8. The van der Waals surface area contributed by atoms with Crippen molar-refractivity contribution in [3.05, 3.63) is 54.0 Å². The number of nitrogens with two attached hydrogens (primary N) is 1. The molecule has 2 aromatic heterocycles. The van der Waals surface area contributed by atoms with Crippen molar-refractivity contribution in [3.63, 3.8) is 0 Å². The largest absolute Gasteiger partial charge is 0.419 e. The highest BCUT2D eigenvalue weighted by Crippen LogP contribution is 2.29. The number of pyridine rings is 1. The Balaban J connectivity index is 1.99. The van der Waals surface area contributed by atoms with Crippen molar-refractivity contribution in [2.24, 2.45) is 0 Å². The molecule has 108 valence electrons. The fraction of sp³-hybridized carbons (Fsp3) is 0.143. The highest BCUT2D eigenvalue weighted by Gasteiger charge is 2.32. The van der Waals surface area contributed by atoms with E-state index < -0.39 is 11.7 Å². The van der Waals surface area contributed by atoms with E-state index in [0.717, 1.165) is 23.3 Å². The van der Waals surface area contributed by atoms with Gasteiger partial charge in [-0.2, -0.15) is 18.3 Å². The molecule has 4 nitrogen and oxygen atoms in total. The lowest BCUT2D eigenvalue weighted by atomic mass is 10.1. The van der Waals surface area contributed by atoms with Crippen molar-refractivity contribution in [2.75, 3.05) is 5.73 Å². The van der Waals surface area contributed by atoms with E-state index >= 15 is 0 Å². The molecule has 0 aliphatic rings. The Kier molecular flexibility index (Phi) is 3.04. The summed E-state index contributed by atoms with van der Waals surface area (Å²) in [5, 5.41) is 4.52. The molecule has 0 amide bonds. The highest BCUT2D eigenvalue weighted by molar-refractivity contribution is 5.92. The van der Waals surface area contributed by atoms with Crippen LogP contribution in [0.2, 0.25) is 0 Å². The predicted molar refractivity (Wildman–Crippen MR) is 72.5 cm³/mol. The van der Waals surface area contributed by atoms with Crippen LogP contribution in [0.1, 0.15) is 11.1 Å². The number of fused-ring (bicyclic) bond motifs is 1. The van der Waals surface area contributed by atoms with Gasteiger partial charge in [-0.05, 0) is 23.8 Å². The van der Waals surface area contributed by atoms with Gasteiger partial charge in [0.25, 0.3) is 0 Å². The first-order valence-electron chi connectivity index (χ1n) is 6.17. The van der Waals surface area contributed by atoms with E-state index in [1.165, 1.54) is 4.68 Å². The van der Waals surface area contributed by atoms with Crippen molar-refractivity contribution >= 4 is 16.6 Å². The summed E-state index contributed by atoms with van der Waals surface area (Å²) in [5.41, 5.74) is 7.11. The molecule has 3 aromatic rings. The van der Waals surface area contributed by atoms with Gasteiger partial charge in [-0.3, -0.25) is 9.67 Å². The maximum Gasteiger partial charge on any atom is 0.419 e. The van der Waals surface area contributed by atoms with Crippen LogP contribution in [0.15, 0.2) is 42.9 Å². The summed E-state index contributed by atoms with van der Waals surface area (Å²) >= 11 is 0. The van der Waals surface area contributed by atoms with E-state index in [-0.39, 0.29) is 6.54 Å². The summed E-state index contributed by atoms with van der Waals surface area (Å²) in [5.74, 6) is 0. The Hall–Kier alpha value is -2.57. The zero-order chi connectivity index (χ0) is 15.0. The Labute approximate surface area is 118 Å². The third-order valence-electron chi connectivity index (χ3n) is 3.18. The first-order valence-corrected chi connectivity index (χ1v) is 6.17. The van der Waals surface area contributed by atoms with Crippen LogP contribution in [-0.4, -0.2) is 14.8 Å². The Morgan fingerprint density at radius 2 is 2.00 bits per heavy atom. The van der Waals surface area contributed by atoms with Crippen LogP contribution in [0, 0.1) is 0 Å². The van der Waals surface area contributed by atoms with Crippen LogP contribution >= 0.6 is 0 Å². The fourth-order valence-electron chi connectivity index (χ4n) is 2.15. The molecule has 1 aromatic carbocycles. The fourth-order valence-corrected chi connectivity index (χ4v) is 2.15. The molecule has 2 N–H and O–H groups in total. The number of halogens is 3. The van der Waals surface area contributed by atoms with Crippen LogP contribution in [-0.2, 0) is 12.7 Å². The summed E-state index contributed by atoms with van der Waals surface area (Å²) in [4.78, 5) is 4.25. The molecular weight excluding hydrogens is 281 g/mol. The summed E-state index contributed by atoms with van der Waals surface area (Å²) in [6, 6.07) is 7.05. The van der Waals surface area contributed by atoms with E-state index in [1.54, 1.807) is 24.4 Å². The van der Waals surface area contributed by atoms with Crippen LogP contribution in [0.25, 0.3) is 10.9 Å². The Morgan fingerprint density at radius 1 is 1.19 bits per heavy atom. The van der Waals surface area contributed by atoms with E-state index in [1.807, 2.05) is 6.07 Å². The predicted octanol–water partition coefficient (Wildman–Crippen LogP) is 3.08. The molecule has 0 spiro atoms. The SMILES string of the molecule is Nc1ccc(Cn2cc(C(F)(F)F)cn2)c2ncccc12. The molecule has 0 saturated carbocycles. The Bertz CT molecular complexity index is 792. The molecule has 0 unspecified atom stereocenters. The minimum atomic E-state index is -4.39. The quantitative estimate of drug-likeness (QED) is 0.738. The number of rotatable bonds is 2. The van der Waals surface area contributed by atoms with Gasteiger partial charge in [0.1, 0.15) is 0 Å². The molecule has 2 heterocycles. The monoisotopic (exact) mass is 292 g/mol. The third-order valence-corrected chi connectivity index (χ3v) is 3.18. The molecule has 0 saturated heterocycles. The summed E-state index contributed by atoms with van der Waals surface area (Å²) in [6.07, 6.45) is -0.979. The van der Waals surface area contributed by atoms with E-state index in [2.05, 4.69) is 10.1 Å². The number of alkyl halides is 3. The number of nitrogens with zero attached hydrogens (tertiary/aromatic N) is 3. The van der Waals surface area contributed by atoms with Crippen molar-refractivity contribution < 1.29 is 13.2 Å². The molecule has 0 bridgehead atoms. The molecule has 0 fully saturated rings. The molecule has 21 heavy (non-hydrogen) atoms. The van der Waals surface area contributed by atoms with Gasteiger partial charge in [0.15, 0.2) is 0 Å². The number of nitrogen functional groups attached to an aromatic ring is 1. The van der Waals surface area contributed by atoms with E-state index in [0.29, 0.717) is 11.2 Å². The molecule has 3 rings (SSSR count). The standard InChI is InChI=1S/C14H11F3N4/c15-14(16,17)10-6-20-21(8-10)7-9-3-4-12(18)11-2-1-5-19-13(9)11/h1-6,8H,7,18H2. The van der Waals surface area contributed by atoms with Crippen molar-refractivity contribution in [1.29, 1.82) is 0 Å². The van der Waals surface area contributed by atoms with Gasteiger partial charge in [-0.15, -0.1) is 0 Å². The van der Waals surface area contributed by atoms with Crippen molar-refractivity contribution in [2.45, 2.75) is 12.7 Å². The first-order chi connectivity index (χ1) is 9.95. The molecule has 0 aliphatic carbocycles. The van der Waals surface area contributed by atoms with Crippen LogP contribution in [0.4, 0.5) is 18.9 Å². The first kappa shape index (κ1) is 13.4. The number of hydrogen-bond acceptors (Lipinski definition) is 3. The van der Waals surface area contributed by atoms with Gasteiger partial charge in [-0.1, -0.05) is 6.07 Å². The summed E-state index contributed by atoms with van der Waals surface area (Å²) in [6.45, 7) is 0.198. The lowest BCUT2D eigenvalue weighted by Crippen LogP contribution is -2.04. The van der Waals surface area contributed by atoms with E-state index in [9.17, 15) is 13.2 Å². The molecule has 7 heteroatoms. The maximum absolute atomic E-state index is 12.6. The highest BCUT2D eigenvalue weighted by atomic mass is 19.4. The second-order valence-corrected chi connectivity index (χ2v) is 4.64. The number of aromatic nitrogens is 3. The van der Waals surface area contributed by atoms with E-state index in [4.69, 9.17) is 5.73 Å². The Morgan fingerprint density at radius 3 is 2.71 bits per heavy atom. The number of hydrogen-bond donors (Lipinski definition) is 1. The number of benzene rings is 1. The van der Waals surface area contributed by atoms with Crippen LogP contribution in [0.3, 0.4) is 0 Å². The van der Waals surface area contributed by atoms with Gasteiger partial charge < -0.3 is 5.73 Å². The lowest BCUT2D eigenvalue weighted by molar-refractivity contribution is -0.137. The number of anilines is 1. The van der Waals surface area contributed by atoms with Gasteiger partial charge in [-0.25, -0.2) is 0 Å². The zero-order valence-corrected chi connectivity index (χ0v) is 10.8. The topological polar surface area (TPSA) is 56.7 Å². The minimum Gasteiger partial charge on any atom is -0.398 e. The normalized spacial score (nSPS) is 12.0. The lowest BCUT2D eigenvalue weighted by Gasteiger charge is -2.08. The molecule has 0 radical (unpaired) electrons. The average Bonchev–Trinajstić information content (AvgIpc) is 2.91. The van der Waals surface area contributed by atoms with Crippen LogP contribution in [0.5, 0.6) is 0 Å². The van der Waals surface area contributed by atoms with Gasteiger partial charge >= 0.3 is 6.18 Å². The summed E-state index contributed by atoms with van der Waals surface area (Å²) in [7, 11) is 0. The van der Waals surface area contributed by atoms with Crippen molar-refractivity contribution in [3.8, 4) is 0 Å². The molecular formula is C14H11F3N4. The molecule has 0 aliphatic heterocycles. The smallest absolute Gasteiger partial charge is 0.398 e. The third kappa shape index (κ3) is 2.54. The average molecular weight is 292 g/mol. The van der Waals surface area contributed by atoms with Gasteiger partial charge in [0.2, 0.25) is 0 Å². The maximum atomic E-state index is 12.6. The second kappa shape index (κ2) is 4.76. The summed E-state index contributed by atoms with van der Waals surface area (Å²) < 4.78 is 38.9. The van der Waals surface area contributed by atoms with Gasteiger partial charge in [0.05, 0.1) is 23.8 Å². The van der Waals surface area contributed by atoms with Crippen LogP contribution < -0.4 is 5.73 Å².